The Labute approximate surface area is 159 Å². The molecule has 0 spiro atoms. The van der Waals surface area contributed by atoms with E-state index < -0.39 is 11.9 Å². The average Bonchev–Trinajstić information content (AvgIpc) is 3.29. The SMILES string of the molecule is O=C1CCC(N2Cc3cccc(CNC(=O)c4cccs4)c3C2=O)C(=O)N1. The second-order valence-electron chi connectivity index (χ2n) is 6.51. The maximum absolute atomic E-state index is 13.0. The zero-order valence-electron chi connectivity index (χ0n) is 14.4. The van der Waals surface area contributed by atoms with E-state index in [0.29, 0.717) is 23.4 Å². The number of thiophene rings is 1. The molecule has 1 fully saturated rings. The van der Waals surface area contributed by atoms with Crippen molar-refractivity contribution in [3.05, 3.63) is 57.3 Å². The van der Waals surface area contributed by atoms with E-state index in [0.717, 1.165) is 11.1 Å². The second-order valence-corrected chi connectivity index (χ2v) is 7.46. The molecular formula is C19H17N3O4S. The molecule has 2 aliphatic heterocycles. The molecule has 0 saturated carbocycles. The summed E-state index contributed by atoms with van der Waals surface area (Å²) in [5.41, 5.74) is 2.08. The molecule has 0 bridgehead atoms. The molecule has 1 aromatic carbocycles. The lowest BCUT2D eigenvalue weighted by Crippen LogP contribution is -2.52. The van der Waals surface area contributed by atoms with E-state index in [2.05, 4.69) is 10.6 Å². The average molecular weight is 383 g/mol. The summed E-state index contributed by atoms with van der Waals surface area (Å²) in [6.07, 6.45) is 0.551. The standard InChI is InChI=1S/C19H17N3O4S/c23-15-7-6-13(17(24)21-15)22-10-12-4-1-3-11(16(12)19(22)26)9-20-18(25)14-5-2-8-27-14/h1-5,8,13H,6-7,9-10H2,(H,20,25)(H,21,23,24). The zero-order chi connectivity index (χ0) is 19.0. The molecule has 2 aliphatic rings. The number of amides is 4. The van der Waals surface area contributed by atoms with E-state index >= 15 is 0 Å². The van der Waals surface area contributed by atoms with Gasteiger partial charge in [0.05, 0.1) is 4.88 Å². The van der Waals surface area contributed by atoms with Crippen molar-refractivity contribution in [2.45, 2.75) is 32.0 Å². The Bertz CT molecular complexity index is 938. The molecular weight excluding hydrogens is 366 g/mol. The lowest BCUT2D eigenvalue weighted by atomic mass is 10.0. The van der Waals surface area contributed by atoms with E-state index in [1.165, 1.54) is 16.2 Å². The van der Waals surface area contributed by atoms with E-state index in [1.807, 2.05) is 17.5 Å². The fourth-order valence-electron chi connectivity index (χ4n) is 3.51. The Balaban J connectivity index is 1.52. The molecule has 1 unspecified atom stereocenters. The number of carbonyl (C=O) groups excluding carboxylic acids is 4. The van der Waals surface area contributed by atoms with Crippen LogP contribution in [0.2, 0.25) is 0 Å². The predicted molar refractivity (Wildman–Crippen MR) is 98.0 cm³/mol. The molecule has 7 nitrogen and oxygen atoms in total. The third kappa shape index (κ3) is 3.23. The summed E-state index contributed by atoms with van der Waals surface area (Å²) in [7, 11) is 0. The highest BCUT2D eigenvalue weighted by atomic mass is 32.1. The van der Waals surface area contributed by atoms with Crippen LogP contribution >= 0.6 is 11.3 Å². The Morgan fingerprint density at radius 3 is 2.81 bits per heavy atom. The van der Waals surface area contributed by atoms with Gasteiger partial charge in [0, 0.05) is 25.1 Å². The third-order valence-electron chi connectivity index (χ3n) is 4.82. The highest BCUT2D eigenvalue weighted by Crippen LogP contribution is 2.29. The van der Waals surface area contributed by atoms with Crippen LogP contribution in [0.25, 0.3) is 0 Å². The van der Waals surface area contributed by atoms with Gasteiger partial charge in [-0.1, -0.05) is 24.3 Å². The van der Waals surface area contributed by atoms with Gasteiger partial charge in [0.1, 0.15) is 6.04 Å². The largest absolute Gasteiger partial charge is 0.347 e. The lowest BCUT2D eigenvalue weighted by Gasteiger charge is -2.29. The quantitative estimate of drug-likeness (QED) is 0.781. The third-order valence-corrected chi connectivity index (χ3v) is 5.69. The molecule has 4 amide bonds. The van der Waals surface area contributed by atoms with Crippen molar-refractivity contribution in [1.82, 2.24) is 15.5 Å². The molecule has 2 N–H and O–H groups in total. The van der Waals surface area contributed by atoms with Crippen LogP contribution in [0.3, 0.4) is 0 Å². The second kappa shape index (κ2) is 6.96. The highest BCUT2D eigenvalue weighted by molar-refractivity contribution is 7.12. The van der Waals surface area contributed by atoms with Crippen LogP contribution in [0.5, 0.6) is 0 Å². The number of nitrogens with one attached hydrogen (secondary N) is 2. The van der Waals surface area contributed by atoms with E-state index in [4.69, 9.17) is 0 Å². The van der Waals surface area contributed by atoms with Gasteiger partial charge in [-0.3, -0.25) is 24.5 Å². The molecule has 0 radical (unpaired) electrons. The molecule has 1 atom stereocenters. The first kappa shape index (κ1) is 17.4. The van der Waals surface area contributed by atoms with E-state index in [-0.39, 0.29) is 30.7 Å². The number of benzene rings is 1. The number of hydrogen-bond acceptors (Lipinski definition) is 5. The minimum Gasteiger partial charge on any atom is -0.347 e. The molecule has 4 rings (SSSR count). The molecule has 0 aliphatic carbocycles. The van der Waals surface area contributed by atoms with Crippen LogP contribution in [0.4, 0.5) is 0 Å². The van der Waals surface area contributed by atoms with Gasteiger partial charge in [-0.25, -0.2) is 0 Å². The van der Waals surface area contributed by atoms with Gasteiger partial charge in [0.2, 0.25) is 11.8 Å². The summed E-state index contributed by atoms with van der Waals surface area (Å²) in [4.78, 5) is 50.8. The number of imide groups is 1. The van der Waals surface area contributed by atoms with Gasteiger partial charge in [-0.2, -0.15) is 0 Å². The summed E-state index contributed by atoms with van der Waals surface area (Å²) in [5.74, 6) is -1.16. The van der Waals surface area contributed by atoms with Gasteiger partial charge < -0.3 is 10.2 Å². The van der Waals surface area contributed by atoms with Gasteiger partial charge in [0.15, 0.2) is 0 Å². The van der Waals surface area contributed by atoms with Crippen molar-refractivity contribution in [1.29, 1.82) is 0 Å². The van der Waals surface area contributed by atoms with Crippen LogP contribution in [-0.2, 0) is 22.7 Å². The summed E-state index contributed by atoms with van der Waals surface area (Å²) >= 11 is 1.35. The number of fused-ring (bicyclic) bond motifs is 1. The molecule has 27 heavy (non-hydrogen) atoms. The fourth-order valence-corrected chi connectivity index (χ4v) is 4.15. The maximum atomic E-state index is 13.0. The summed E-state index contributed by atoms with van der Waals surface area (Å²) in [6, 6.07) is 8.40. The molecule has 3 heterocycles. The molecule has 1 aromatic heterocycles. The number of hydrogen-bond donors (Lipinski definition) is 2. The Kier molecular flexibility index (Phi) is 4.49. The first-order valence-electron chi connectivity index (χ1n) is 8.61. The van der Waals surface area contributed by atoms with Gasteiger partial charge >= 0.3 is 0 Å². The zero-order valence-corrected chi connectivity index (χ0v) is 15.2. The highest BCUT2D eigenvalue weighted by Gasteiger charge is 2.39. The monoisotopic (exact) mass is 383 g/mol. The first-order chi connectivity index (χ1) is 13.0. The maximum Gasteiger partial charge on any atom is 0.261 e. The van der Waals surface area contributed by atoms with Gasteiger partial charge in [-0.05, 0) is 29.0 Å². The van der Waals surface area contributed by atoms with E-state index in [9.17, 15) is 19.2 Å². The number of rotatable bonds is 4. The Morgan fingerprint density at radius 1 is 1.22 bits per heavy atom. The minimum atomic E-state index is -0.642. The molecule has 1 saturated heterocycles. The Hall–Kier alpha value is -3.00. The summed E-state index contributed by atoms with van der Waals surface area (Å²) in [5, 5.41) is 6.96. The van der Waals surface area contributed by atoms with Crippen LogP contribution in [0, 0.1) is 0 Å². The molecule has 138 valence electrons. The number of piperidine rings is 1. The topological polar surface area (TPSA) is 95.6 Å². The van der Waals surface area contributed by atoms with Gasteiger partial charge in [-0.15, -0.1) is 11.3 Å². The predicted octanol–water partition coefficient (Wildman–Crippen LogP) is 1.44. The van der Waals surface area contributed by atoms with Crippen LogP contribution < -0.4 is 10.6 Å². The molecule has 8 heteroatoms. The van der Waals surface area contributed by atoms with Crippen molar-refractivity contribution in [2.75, 3.05) is 0 Å². The van der Waals surface area contributed by atoms with Gasteiger partial charge in [0.25, 0.3) is 11.8 Å². The molecule has 2 aromatic rings. The van der Waals surface area contributed by atoms with E-state index in [1.54, 1.807) is 18.2 Å². The normalized spacial score (nSPS) is 19.0. The van der Waals surface area contributed by atoms with Crippen molar-refractivity contribution in [3.63, 3.8) is 0 Å². The number of carbonyl (C=O) groups is 4. The Morgan fingerprint density at radius 2 is 2.07 bits per heavy atom. The summed E-state index contributed by atoms with van der Waals surface area (Å²) < 4.78 is 0. The summed E-state index contributed by atoms with van der Waals surface area (Å²) in [6.45, 7) is 0.558. The van der Waals surface area contributed by atoms with Crippen molar-refractivity contribution >= 4 is 35.0 Å². The van der Waals surface area contributed by atoms with Crippen molar-refractivity contribution in [3.8, 4) is 0 Å². The fraction of sp³-hybridized carbons (Fsp3) is 0.263. The van der Waals surface area contributed by atoms with Crippen LogP contribution in [0.1, 0.15) is 44.0 Å². The van der Waals surface area contributed by atoms with Crippen LogP contribution in [-0.4, -0.2) is 34.6 Å². The van der Waals surface area contributed by atoms with Crippen LogP contribution in [0.15, 0.2) is 35.7 Å². The lowest BCUT2D eigenvalue weighted by molar-refractivity contribution is -0.136. The first-order valence-corrected chi connectivity index (χ1v) is 9.49. The number of nitrogens with zero attached hydrogens (tertiary/aromatic N) is 1. The van der Waals surface area contributed by atoms with Crippen molar-refractivity contribution < 1.29 is 19.2 Å². The smallest absolute Gasteiger partial charge is 0.261 e. The minimum absolute atomic E-state index is 0.185. The van der Waals surface area contributed by atoms with Crippen molar-refractivity contribution in [2.24, 2.45) is 0 Å².